The Morgan fingerprint density at radius 3 is 2.80 bits per heavy atom. The SMILES string of the molecule is CC1(C)CN(Cc2cnc(N)s2)Cc2ccccc21.Cl. The van der Waals surface area contributed by atoms with Gasteiger partial charge in [-0.25, -0.2) is 4.98 Å². The highest BCUT2D eigenvalue weighted by molar-refractivity contribution is 7.15. The fraction of sp³-hybridized carbons (Fsp3) is 0.400. The molecule has 3 nitrogen and oxygen atoms in total. The number of nitrogens with two attached hydrogens (primary N) is 1. The first-order valence-electron chi connectivity index (χ1n) is 6.55. The molecule has 0 amide bonds. The second-order valence-corrected chi connectivity index (χ2v) is 7.00. The van der Waals surface area contributed by atoms with Gasteiger partial charge in [0, 0.05) is 36.1 Å². The summed E-state index contributed by atoms with van der Waals surface area (Å²) in [5.41, 5.74) is 8.82. The van der Waals surface area contributed by atoms with Crippen molar-refractivity contribution >= 4 is 28.9 Å². The van der Waals surface area contributed by atoms with Gasteiger partial charge in [0.1, 0.15) is 0 Å². The van der Waals surface area contributed by atoms with E-state index < -0.39 is 0 Å². The van der Waals surface area contributed by atoms with Crippen molar-refractivity contribution in [3.8, 4) is 0 Å². The Bertz CT molecular complexity index is 594. The van der Waals surface area contributed by atoms with Gasteiger partial charge in [0.2, 0.25) is 0 Å². The molecule has 20 heavy (non-hydrogen) atoms. The first-order valence-corrected chi connectivity index (χ1v) is 7.37. The molecule has 0 saturated carbocycles. The molecule has 1 aromatic carbocycles. The van der Waals surface area contributed by atoms with Crippen LogP contribution in [0, 0.1) is 0 Å². The van der Waals surface area contributed by atoms with Crippen molar-refractivity contribution in [2.75, 3.05) is 12.3 Å². The molecule has 5 heteroatoms. The summed E-state index contributed by atoms with van der Waals surface area (Å²) in [5.74, 6) is 0. The molecule has 1 aliphatic heterocycles. The van der Waals surface area contributed by atoms with Gasteiger partial charge >= 0.3 is 0 Å². The number of nitrogens with zero attached hydrogens (tertiary/aromatic N) is 2. The van der Waals surface area contributed by atoms with Gasteiger partial charge in [0.25, 0.3) is 0 Å². The van der Waals surface area contributed by atoms with Gasteiger partial charge in [-0.15, -0.1) is 23.7 Å². The Kier molecular flexibility index (Phi) is 4.37. The monoisotopic (exact) mass is 309 g/mol. The molecule has 0 radical (unpaired) electrons. The highest BCUT2D eigenvalue weighted by atomic mass is 35.5. The molecule has 0 spiro atoms. The Balaban J connectivity index is 0.00000147. The summed E-state index contributed by atoms with van der Waals surface area (Å²) in [6.07, 6.45) is 1.90. The lowest BCUT2D eigenvalue weighted by atomic mass is 9.78. The number of hydrogen-bond acceptors (Lipinski definition) is 4. The number of anilines is 1. The van der Waals surface area contributed by atoms with Crippen LogP contribution in [0.2, 0.25) is 0 Å². The van der Waals surface area contributed by atoms with Crippen LogP contribution in [0.1, 0.15) is 29.9 Å². The molecule has 2 aromatic rings. The van der Waals surface area contributed by atoms with Crippen molar-refractivity contribution in [1.82, 2.24) is 9.88 Å². The third-order valence-corrected chi connectivity index (χ3v) is 4.52. The van der Waals surface area contributed by atoms with Crippen LogP contribution in [0.5, 0.6) is 0 Å². The highest BCUT2D eigenvalue weighted by Crippen LogP contribution is 2.34. The van der Waals surface area contributed by atoms with Crippen LogP contribution in [0.15, 0.2) is 30.5 Å². The molecule has 1 aromatic heterocycles. The summed E-state index contributed by atoms with van der Waals surface area (Å²) in [5, 5.41) is 0.659. The van der Waals surface area contributed by atoms with E-state index in [0.717, 1.165) is 19.6 Å². The van der Waals surface area contributed by atoms with E-state index >= 15 is 0 Å². The lowest BCUT2D eigenvalue weighted by molar-refractivity contribution is 0.188. The fourth-order valence-corrected chi connectivity index (χ4v) is 3.71. The summed E-state index contributed by atoms with van der Waals surface area (Å²) in [4.78, 5) is 7.86. The molecule has 1 aliphatic rings. The minimum atomic E-state index is 0. The molecule has 2 heterocycles. The summed E-state index contributed by atoms with van der Waals surface area (Å²) < 4.78 is 0. The Morgan fingerprint density at radius 2 is 2.10 bits per heavy atom. The molecule has 0 fully saturated rings. The molecular weight excluding hydrogens is 290 g/mol. The molecule has 0 bridgehead atoms. The maximum Gasteiger partial charge on any atom is 0.180 e. The van der Waals surface area contributed by atoms with Crippen LogP contribution in [0.4, 0.5) is 5.13 Å². The van der Waals surface area contributed by atoms with Crippen LogP contribution < -0.4 is 5.73 Å². The maximum absolute atomic E-state index is 5.70. The van der Waals surface area contributed by atoms with E-state index in [4.69, 9.17) is 5.73 Å². The number of aromatic nitrogens is 1. The minimum Gasteiger partial charge on any atom is -0.375 e. The van der Waals surface area contributed by atoms with Crippen LogP contribution >= 0.6 is 23.7 Å². The average Bonchev–Trinajstić information content (AvgIpc) is 2.74. The third kappa shape index (κ3) is 2.97. The summed E-state index contributed by atoms with van der Waals surface area (Å²) >= 11 is 1.59. The summed E-state index contributed by atoms with van der Waals surface area (Å²) in [6, 6.07) is 8.77. The Labute approximate surface area is 130 Å². The van der Waals surface area contributed by atoms with Crippen molar-refractivity contribution in [3.05, 3.63) is 46.5 Å². The first-order chi connectivity index (χ1) is 9.04. The van der Waals surface area contributed by atoms with E-state index in [1.165, 1.54) is 16.0 Å². The van der Waals surface area contributed by atoms with E-state index in [-0.39, 0.29) is 17.8 Å². The zero-order valence-corrected chi connectivity index (χ0v) is 13.4. The van der Waals surface area contributed by atoms with Crippen molar-refractivity contribution in [3.63, 3.8) is 0 Å². The molecule has 0 aliphatic carbocycles. The number of rotatable bonds is 2. The molecule has 3 rings (SSSR count). The quantitative estimate of drug-likeness (QED) is 0.924. The predicted octanol–water partition coefficient (Wildman–Crippen LogP) is 3.44. The van der Waals surface area contributed by atoms with E-state index in [1.807, 2.05) is 6.20 Å². The van der Waals surface area contributed by atoms with Crippen LogP contribution in [0.25, 0.3) is 0 Å². The smallest absolute Gasteiger partial charge is 0.180 e. The largest absolute Gasteiger partial charge is 0.375 e. The van der Waals surface area contributed by atoms with Gasteiger partial charge < -0.3 is 5.73 Å². The van der Waals surface area contributed by atoms with Gasteiger partial charge in [-0.05, 0) is 11.1 Å². The van der Waals surface area contributed by atoms with Gasteiger partial charge in [0.05, 0.1) is 0 Å². The number of hydrogen-bond donors (Lipinski definition) is 1. The first kappa shape index (κ1) is 15.3. The van der Waals surface area contributed by atoms with Crippen LogP contribution in [0.3, 0.4) is 0 Å². The molecule has 0 atom stereocenters. The van der Waals surface area contributed by atoms with Gasteiger partial charge in [-0.2, -0.15) is 0 Å². The average molecular weight is 310 g/mol. The number of benzene rings is 1. The number of fused-ring (bicyclic) bond motifs is 1. The standard InChI is InChI=1S/C15H19N3S.ClH/c1-15(2)10-18(9-12-7-17-14(16)19-12)8-11-5-3-4-6-13(11)15;/h3-7H,8-10H2,1-2H3,(H2,16,17);1H. The molecule has 2 N–H and O–H groups in total. The molecule has 108 valence electrons. The summed E-state index contributed by atoms with van der Waals surface area (Å²) in [6.45, 7) is 7.66. The Morgan fingerprint density at radius 1 is 1.35 bits per heavy atom. The van der Waals surface area contributed by atoms with Crippen molar-refractivity contribution in [2.45, 2.75) is 32.4 Å². The molecular formula is C15H20ClN3S. The second kappa shape index (κ2) is 5.72. The van der Waals surface area contributed by atoms with Gasteiger partial charge in [-0.3, -0.25) is 4.90 Å². The maximum atomic E-state index is 5.70. The topological polar surface area (TPSA) is 42.2 Å². The van der Waals surface area contributed by atoms with Crippen LogP contribution in [-0.4, -0.2) is 16.4 Å². The normalized spacial score (nSPS) is 17.3. The van der Waals surface area contributed by atoms with Gasteiger partial charge in [-0.1, -0.05) is 38.1 Å². The van der Waals surface area contributed by atoms with E-state index in [9.17, 15) is 0 Å². The number of thiazole rings is 1. The van der Waals surface area contributed by atoms with Crippen LogP contribution in [-0.2, 0) is 18.5 Å². The molecule has 0 saturated heterocycles. The predicted molar refractivity (Wildman–Crippen MR) is 87.4 cm³/mol. The zero-order valence-electron chi connectivity index (χ0n) is 11.8. The third-order valence-electron chi connectivity index (χ3n) is 3.71. The fourth-order valence-electron chi connectivity index (χ4n) is 2.99. The van der Waals surface area contributed by atoms with Gasteiger partial charge in [0.15, 0.2) is 5.13 Å². The van der Waals surface area contributed by atoms with E-state index in [1.54, 1.807) is 11.3 Å². The molecule has 0 unspecified atom stereocenters. The zero-order chi connectivity index (χ0) is 13.5. The summed E-state index contributed by atoms with van der Waals surface area (Å²) in [7, 11) is 0. The Hall–Kier alpha value is -1.10. The van der Waals surface area contributed by atoms with Crippen molar-refractivity contribution in [1.29, 1.82) is 0 Å². The van der Waals surface area contributed by atoms with Crippen molar-refractivity contribution < 1.29 is 0 Å². The van der Waals surface area contributed by atoms with E-state index in [2.05, 4.69) is 48.0 Å². The number of halogens is 1. The van der Waals surface area contributed by atoms with E-state index in [0.29, 0.717) is 5.13 Å². The lowest BCUT2D eigenvalue weighted by Crippen LogP contribution is -2.41. The minimum absolute atomic E-state index is 0. The lowest BCUT2D eigenvalue weighted by Gasteiger charge is -2.39. The van der Waals surface area contributed by atoms with Crippen molar-refractivity contribution in [2.24, 2.45) is 0 Å². The second-order valence-electron chi connectivity index (χ2n) is 5.85. The number of nitrogen functional groups attached to an aromatic ring is 1. The highest BCUT2D eigenvalue weighted by Gasteiger charge is 2.31.